The molecule has 23 heteroatoms. The molecule has 22 nitrogen and oxygen atoms in total. The maximum atomic E-state index is 11.5. The van der Waals surface area contributed by atoms with Gasteiger partial charge in [-0.15, -0.1) is 20.4 Å². The number of rotatable bonds is 2. The molecule has 0 aliphatic rings. The molecule has 0 aliphatic carbocycles. The number of aryl methyl sites for hydroxylation is 2. The van der Waals surface area contributed by atoms with Gasteiger partial charge < -0.3 is 65.5 Å². The van der Waals surface area contributed by atoms with Gasteiger partial charge in [-0.2, -0.15) is 0 Å². The fourth-order valence-corrected chi connectivity index (χ4v) is 1.42. The second kappa shape index (κ2) is 20.4. The van der Waals surface area contributed by atoms with E-state index < -0.39 is 26.3 Å². The van der Waals surface area contributed by atoms with Gasteiger partial charge in [0.05, 0.1) is 15.3 Å². The Balaban J connectivity index is -0.000000220. The molecule has 0 radical (unpaired) electrons. The van der Waals surface area contributed by atoms with Crippen LogP contribution in [0.4, 0.5) is 0 Å². The summed E-state index contributed by atoms with van der Waals surface area (Å²) in [7, 11) is 3.59. The summed E-state index contributed by atoms with van der Waals surface area (Å²) in [5.41, 5.74) is -0.877. The molecule has 0 amide bonds. The SMILES string of the molecule is Cn1cnnc1/C=[N+](\[O-])C(C)(C)C.Cn1cnnc1/C=[N+](\[O-])C(C)(C)C.O=[N+]([O-])[O-].O=[N+]([O-])[O-].O=[N+]([O-])[O-].[Eu+3]. The van der Waals surface area contributed by atoms with Crippen LogP contribution in [0.2, 0.25) is 0 Å². The summed E-state index contributed by atoms with van der Waals surface area (Å²) in [5, 5.41) is 82.1. The van der Waals surface area contributed by atoms with Crippen molar-refractivity contribution in [2.45, 2.75) is 52.6 Å². The molecule has 0 aromatic carbocycles. The predicted molar refractivity (Wildman–Crippen MR) is 130 cm³/mol. The third-order valence-electron chi connectivity index (χ3n) is 3.28. The van der Waals surface area contributed by atoms with Crippen molar-refractivity contribution < 1.29 is 74.1 Å². The van der Waals surface area contributed by atoms with Crippen molar-refractivity contribution >= 4 is 12.4 Å². The van der Waals surface area contributed by atoms with E-state index in [-0.39, 0.29) is 49.4 Å². The normalized spacial score (nSPS) is 10.8. The average Bonchev–Trinajstić information content (AvgIpc) is 3.27. The third kappa shape index (κ3) is 27.3. The summed E-state index contributed by atoms with van der Waals surface area (Å²) in [6, 6.07) is 0. The largest absolute Gasteiger partial charge is 3.00 e. The standard InChI is InChI=1S/2C8H14N4O.Eu.3NO3/c2*1-8(2,3)12(13)5-7-10-9-6-11(7)4;;3*2-1(3)4/h2*5-6H,1-4H3;;;;/q;;+3;3*-1/b2*12-5-;;;;. The Hall–Kier alpha value is -3.60. The van der Waals surface area contributed by atoms with Crippen LogP contribution in [-0.2, 0) is 14.1 Å². The first-order chi connectivity index (χ1) is 17.0. The Morgan fingerprint density at radius 3 is 0.949 bits per heavy atom. The van der Waals surface area contributed by atoms with E-state index in [0.29, 0.717) is 11.6 Å². The van der Waals surface area contributed by atoms with Crippen molar-refractivity contribution in [3.63, 3.8) is 0 Å². The summed E-state index contributed by atoms with van der Waals surface area (Å²) < 4.78 is 5.13. The zero-order valence-corrected chi connectivity index (χ0v) is 24.5. The molecule has 2 aromatic heterocycles. The van der Waals surface area contributed by atoms with Gasteiger partial charge in [0.1, 0.15) is 12.7 Å². The van der Waals surface area contributed by atoms with Gasteiger partial charge in [0.25, 0.3) is 0 Å². The smallest absolute Gasteiger partial charge is 0.623 e. The molecule has 0 saturated carbocycles. The first-order valence-corrected chi connectivity index (χ1v) is 9.77. The van der Waals surface area contributed by atoms with E-state index in [1.165, 1.54) is 12.4 Å². The van der Waals surface area contributed by atoms with Crippen molar-refractivity contribution in [3.8, 4) is 0 Å². The van der Waals surface area contributed by atoms with E-state index in [0.717, 1.165) is 9.48 Å². The zero-order valence-electron chi connectivity index (χ0n) is 22.1. The van der Waals surface area contributed by atoms with Gasteiger partial charge >= 0.3 is 49.4 Å². The van der Waals surface area contributed by atoms with Crippen molar-refractivity contribution in [3.05, 3.63) is 80.7 Å². The Bertz CT molecular complexity index is 966. The van der Waals surface area contributed by atoms with E-state index in [1.54, 1.807) is 35.9 Å². The number of hydrogen-bond acceptors (Lipinski definition) is 15. The third-order valence-corrected chi connectivity index (χ3v) is 3.28. The number of nitrogens with zero attached hydrogens (tertiary/aromatic N) is 11. The van der Waals surface area contributed by atoms with Crippen LogP contribution in [0.3, 0.4) is 0 Å². The Morgan fingerprint density at radius 1 is 0.615 bits per heavy atom. The van der Waals surface area contributed by atoms with Crippen LogP contribution in [-0.4, -0.2) is 77.8 Å². The number of aromatic nitrogens is 6. The van der Waals surface area contributed by atoms with Gasteiger partial charge in [0.15, 0.2) is 11.1 Å². The van der Waals surface area contributed by atoms with Gasteiger partial charge in [-0.3, -0.25) is 0 Å². The summed E-state index contributed by atoms with van der Waals surface area (Å²) in [6.07, 6.45) is 5.99. The molecule has 0 bridgehead atoms. The fourth-order valence-electron chi connectivity index (χ4n) is 1.42. The summed E-state index contributed by atoms with van der Waals surface area (Å²) in [4.78, 5) is 24.8. The molecule has 220 valence electrons. The van der Waals surface area contributed by atoms with Gasteiger partial charge in [0, 0.05) is 55.6 Å². The number of hydrogen-bond donors (Lipinski definition) is 0. The molecule has 0 unspecified atom stereocenters. The monoisotopic (exact) mass is 703 g/mol. The minimum absolute atomic E-state index is 0. The van der Waals surface area contributed by atoms with Gasteiger partial charge in [-0.1, -0.05) is 0 Å². The van der Waals surface area contributed by atoms with Crippen LogP contribution in [0.1, 0.15) is 53.2 Å². The fraction of sp³-hybridized carbons (Fsp3) is 0.625. The average molecular weight is 702 g/mol. The van der Waals surface area contributed by atoms with Crippen molar-refractivity contribution in [2.24, 2.45) is 14.1 Å². The van der Waals surface area contributed by atoms with E-state index in [4.69, 9.17) is 46.0 Å². The summed E-state index contributed by atoms with van der Waals surface area (Å²) in [6.45, 7) is 11.0. The molecule has 0 N–H and O–H groups in total. The first-order valence-electron chi connectivity index (χ1n) is 9.77. The van der Waals surface area contributed by atoms with Gasteiger partial charge in [0.2, 0.25) is 24.1 Å². The second-order valence-electron chi connectivity index (χ2n) is 8.52. The van der Waals surface area contributed by atoms with Crippen LogP contribution < -0.4 is 0 Å². The molecular formula is C16H28EuN11O11. The summed E-state index contributed by atoms with van der Waals surface area (Å²) in [5.74, 6) is 1.12. The molecule has 39 heavy (non-hydrogen) atoms. The van der Waals surface area contributed by atoms with Crippen molar-refractivity contribution in [1.29, 1.82) is 0 Å². The topological polar surface area (TPSA) is 312 Å². The van der Waals surface area contributed by atoms with Crippen LogP contribution in [0.25, 0.3) is 0 Å². The number of hydroxylamine groups is 2. The maximum Gasteiger partial charge on any atom is 3.00 e. The molecular weight excluding hydrogens is 674 g/mol. The molecule has 0 spiro atoms. The second-order valence-corrected chi connectivity index (χ2v) is 8.52. The molecule has 0 saturated heterocycles. The Kier molecular flexibility index (Phi) is 22.2. The Morgan fingerprint density at radius 2 is 0.821 bits per heavy atom. The Labute approximate surface area is 261 Å². The van der Waals surface area contributed by atoms with Gasteiger partial charge in [-0.25, -0.2) is 9.48 Å². The van der Waals surface area contributed by atoms with Gasteiger partial charge in [-0.05, 0) is 0 Å². The molecule has 2 heterocycles. The molecule has 2 aromatic rings. The van der Waals surface area contributed by atoms with Crippen LogP contribution in [0.5, 0.6) is 0 Å². The first kappa shape index (κ1) is 42.5. The molecule has 0 fully saturated rings. The summed E-state index contributed by atoms with van der Waals surface area (Å²) >= 11 is 0. The minimum atomic E-state index is -1.75. The zero-order chi connectivity index (χ0) is 30.9. The van der Waals surface area contributed by atoms with Crippen LogP contribution in [0.15, 0.2) is 12.7 Å². The molecule has 0 atom stereocenters. The van der Waals surface area contributed by atoms with Crippen LogP contribution in [0, 0.1) is 106 Å². The van der Waals surface area contributed by atoms with Crippen molar-refractivity contribution in [1.82, 2.24) is 29.5 Å². The quantitative estimate of drug-likeness (QED) is 0.134. The molecule has 2 rings (SSSR count). The van der Waals surface area contributed by atoms with E-state index >= 15 is 0 Å². The van der Waals surface area contributed by atoms with Crippen LogP contribution >= 0.6 is 0 Å². The van der Waals surface area contributed by atoms with Crippen molar-refractivity contribution in [2.75, 3.05) is 0 Å². The minimum Gasteiger partial charge on any atom is -0.623 e. The maximum absolute atomic E-state index is 11.5. The van der Waals surface area contributed by atoms with E-state index in [2.05, 4.69) is 20.4 Å². The molecule has 0 aliphatic heterocycles. The van der Waals surface area contributed by atoms with E-state index in [9.17, 15) is 10.4 Å². The van der Waals surface area contributed by atoms with E-state index in [1.807, 2.05) is 41.5 Å². The predicted octanol–water partition coefficient (Wildman–Crippen LogP) is 0.368.